The molecule has 1 heterocycles. The Kier molecular flexibility index (Phi) is 2.04. The number of likely N-dealkylation sites (N-methyl/N-ethyl adjacent to an activating group) is 1. The van der Waals surface area contributed by atoms with Gasteiger partial charge in [-0.1, -0.05) is 12.1 Å². The van der Waals surface area contributed by atoms with Crippen molar-refractivity contribution in [3.8, 4) is 0 Å². The summed E-state index contributed by atoms with van der Waals surface area (Å²) >= 11 is 0. The van der Waals surface area contributed by atoms with Gasteiger partial charge >= 0.3 is 0 Å². The molecular weight excluding hydrogens is 178 g/mol. The van der Waals surface area contributed by atoms with Crippen molar-refractivity contribution in [2.75, 3.05) is 11.9 Å². The van der Waals surface area contributed by atoms with E-state index < -0.39 is 6.10 Å². The van der Waals surface area contributed by atoms with E-state index in [1.165, 1.54) is 0 Å². The van der Waals surface area contributed by atoms with Gasteiger partial charge in [-0.15, -0.1) is 0 Å². The Morgan fingerprint density at radius 1 is 1.50 bits per heavy atom. The maximum absolute atomic E-state index is 11.5. The quantitative estimate of drug-likeness (QED) is 0.726. The van der Waals surface area contributed by atoms with Crippen LogP contribution in [0.3, 0.4) is 0 Å². The topological polar surface area (TPSA) is 40.5 Å². The van der Waals surface area contributed by atoms with E-state index in [9.17, 15) is 9.90 Å². The van der Waals surface area contributed by atoms with E-state index in [0.29, 0.717) is 6.42 Å². The molecule has 1 aliphatic rings. The fourth-order valence-corrected chi connectivity index (χ4v) is 1.89. The number of hydrogen-bond donors (Lipinski definition) is 1. The van der Waals surface area contributed by atoms with E-state index in [1.807, 2.05) is 18.2 Å². The van der Waals surface area contributed by atoms with Crippen LogP contribution in [-0.2, 0) is 11.2 Å². The third kappa shape index (κ3) is 1.21. The first kappa shape index (κ1) is 9.21. The molecule has 0 spiro atoms. The van der Waals surface area contributed by atoms with Crippen LogP contribution in [0.2, 0.25) is 0 Å². The second kappa shape index (κ2) is 3.10. The minimum absolute atomic E-state index is 0.0908. The Morgan fingerprint density at radius 3 is 2.86 bits per heavy atom. The normalized spacial score (nSPS) is 17.1. The number of rotatable bonds is 1. The molecule has 2 rings (SSSR count). The number of fused-ring (bicyclic) bond motifs is 1. The summed E-state index contributed by atoms with van der Waals surface area (Å²) in [5.41, 5.74) is 2.75. The van der Waals surface area contributed by atoms with Gasteiger partial charge in [0, 0.05) is 12.7 Å². The molecule has 1 unspecified atom stereocenters. The lowest BCUT2D eigenvalue weighted by molar-refractivity contribution is -0.117. The molecule has 14 heavy (non-hydrogen) atoms. The predicted molar refractivity (Wildman–Crippen MR) is 54.2 cm³/mol. The maximum atomic E-state index is 11.5. The maximum Gasteiger partial charge on any atom is 0.231 e. The number of aliphatic hydroxyl groups excluding tert-OH is 1. The molecule has 3 nitrogen and oxygen atoms in total. The molecule has 1 N–H and O–H groups in total. The lowest BCUT2D eigenvalue weighted by Gasteiger charge is -2.12. The number of carbonyl (C=O) groups is 1. The summed E-state index contributed by atoms with van der Waals surface area (Å²) in [4.78, 5) is 13.1. The number of anilines is 1. The number of hydrogen-bond acceptors (Lipinski definition) is 2. The molecule has 0 saturated heterocycles. The number of carbonyl (C=O) groups excluding carboxylic acids is 1. The van der Waals surface area contributed by atoms with Crippen LogP contribution < -0.4 is 4.90 Å². The zero-order chi connectivity index (χ0) is 10.3. The van der Waals surface area contributed by atoms with E-state index in [2.05, 4.69) is 0 Å². The Bertz CT molecular complexity index is 385. The van der Waals surface area contributed by atoms with Gasteiger partial charge in [-0.25, -0.2) is 0 Å². The van der Waals surface area contributed by atoms with Gasteiger partial charge in [0.15, 0.2) is 0 Å². The third-order valence-corrected chi connectivity index (χ3v) is 2.70. The third-order valence-electron chi connectivity index (χ3n) is 2.70. The number of aliphatic hydroxyl groups is 1. The van der Waals surface area contributed by atoms with Crippen LogP contribution >= 0.6 is 0 Å². The van der Waals surface area contributed by atoms with Crippen molar-refractivity contribution in [3.63, 3.8) is 0 Å². The van der Waals surface area contributed by atoms with Gasteiger partial charge in [0.05, 0.1) is 12.5 Å². The molecule has 0 radical (unpaired) electrons. The van der Waals surface area contributed by atoms with Crippen LogP contribution in [-0.4, -0.2) is 18.1 Å². The van der Waals surface area contributed by atoms with Crippen LogP contribution in [0, 0.1) is 0 Å². The highest BCUT2D eigenvalue weighted by Gasteiger charge is 2.26. The smallest absolute Gasteiger partial charge is 0.231 e. The summed E-state index contributed by atoms with van der Waals surface area (Å²) in [6.07, 6.45) is -0.100. The second-order valence-corrected chi connectivity index (χ2v) is 3.65. The van der Waals surface area contributed by atoms with E-state index in [0.717, 1.165) is 16.8 Å². The van der Waals surface area contributed by atoms with Crippen molar-refractivity contribution in [2.24, 2.45) is 0 Å². The van der Waals surface area contributed by atoms with Crippen molar-refractivity contribution < 1.29 is 9.90 Å². The largest absolute Gasteiger partial charge is 0.389 e. The fourth-order valence-electron chi connectivity index (χ4n) is 1.89. The molecule has 1 amide bonds. The Morgan fingerprint density at radius 2 is 2.21 bits per heavy atom. The first-order valence-electron chi connectivity index (χ1n) is 4.67. The minimum atomic E-state index is -0.510. The molecule has 1 aliphatic heterocycles. The van der Waals surface area contributed by atoms with Gasteiger partial charge < -0.3 is 10.0 Å². The van der Waals surface area contributed by atoms with Crippen molar-refractivity contribution in [2.45, 2.75) is 19.4 Å². The summed E-state index contributed by atoms with van der Waals surface area (Å²) in [6.45, 7) is 1.72. The summed E-state index contributed by atoms with van der Waals surface area (Å²) in [5.74, 6) is 0.0908. The second-order valence-electron chi connectivity index (χ2n) is 3.65. The van der Waals surface area contributed by atoms with Crippen molar-refractivity contribution in [1.82, 2.24) is 0 Å². The SMILES string of the molecule is CC(O)c1cccc2c1CC(=O)N2C. The van der Waals surface area contributed by atoms with E-state index >= 15 is 0 Å². The van der Waals surface area contributed by atoms with E-state index in [1.54, 1.807) is 18.9 Å². The van der Waals surface area contributed by atoms with Gasteiger partial charge in [0.1, 0.15) is 0 Å². The average molecular weight is 191 g/mol. The zero-order valence-corrected chi connectivity index (χ0v) is 8.32. The highest BCUT2D eigenvalue weighted by atomic mass is 16.3. The standard InChI is InChI=1S/C11H13NO2/c1-7(13)8-4-3-5-10-9(8)6-11(14)12(10)2/h3-5,7,13H,6H2,1-2H3. The van der Waals surface area contributed by atoms with Crippen LogP contribution in [0.1, 0.15) is 24.2 Å². The van der Waals surface area contributed by atoms with Gasteiger partial charge in [0.25, 0.3) is 0 Å². The summed E-state index contributed by atoms with van der Waals surface area (Å²) < 4.78 is 0. The first-order chi connectivity index (χ1) is 6.61. The van der Waals surface area contributed by atoms with Crippen LogP contribution in [0.25, 0.3) is 0 Å². The predicted octanol–water partition coefficient (Wildman–Crippen LogP) is 1.26. The van der Waals surface area contributed by atoms with Crippen molar-refractivity contribution in [1.29, 1.82) is 0 Å². The van der Waals surface area contributed by atoms with Crippen LogP contribution in [0.5, 0.6) is 0 Å². The van der Waals surface area contributed by atoms with Gasteiger partial charge in [0.2, 0.25) is 5.91 Å². The van der Waals surface area contributed by atoms with Crippen molar-refractivity contribution in [3.05, 3.63) is 29.3 Å². The highest BCUT2D eigenvalue weighted by molar-refractivity contribution is 6.01. The fraction of sp³-hybridized carbons (Fsp3) is 0.364. The molecule has 1 atom stereocenters. The molecule has 0 bridgehead atoms. The molecule has 1 aromatic rings. The number of amides is 1. The molecule has 74 valence electrons. The molecule has 1 aromatic carbocycles. The first-order valence-corrected chi connectivity index (χ1v) is 4.67. The number of benzene rings is 1. The van der Waals surface area contributed by atoms with Crippen molar-refractivity contribution >= 4 is 11.6 Å². The van der Waals surface area contributed by atoms with Crippen LogP contribution in [0.15, 0.2) is 18.2 Å². The van der Waals surface area contributed by atoms with E-state index in [-0.39, 0.29) is 5.91 Å². The monoisotopic (exact) mass is 191 g/mol. The molecule has 0 saturated carbocycles. The Hall–Kier alpha value is -1.35. The Balaban J connectivity index is 2.55. The number of nitrogens with zero attached hydrogens (tertiary/aromatic N) is 1. The lowest BCUT2D eigenvalue weighted by atomic mass is 10.0. The van der Waals surface area contributed by atoms with Gasteiger partial charge in [-0.05, 0) is 24.1 Å². The van der Waals surface area contributed by atoms with Gasteiger partial charge in [-0.2, -0.15) is 0 Å². The summed E-state index contributed by atoms with van der Waals surface area (Å²) in [7, 11) is 1.76. The van der Waals surface area contributed by atoms with Gasteiger partial charge in [-0.3, -0.25) is 4.79 Å². The highest BCUT2D eigenvalue weighted by Crippen LogP contribution is 2.32. The molecule has 0 fully saturated rings. The summed E-state index contributed by atoms with van der Waals surface area (Å²) in [6, 6.07) is 5.65. The zero-order valence-electron chi connectivity index (χ0n) is 8.32. The molecule has 0 aromatic heterocycles. The molecule has 0 aliphatic carbocycles. The van der Waals surface area contributed by atoms with Crippen LogP contribution in [0.4, 0.5) is 5.69 Å². The summed E-state index contributed by atoms with van der Waals surface area (Å²) in [5, 5.41) is 9.53. The molecular formula is C11H13NO2. The molecule has 3 heteroatoms. The van der Waals surface area contributed by atoms with E-state index in [4.69, 9.17) is 0 Å². The average Bonchev–Trinajstić information content (AvgIpc) is 2.43. The lowest BCUT2D eigenvalue weighted by Crippen LogP contribution is -2.20. The minimum Gasteiger partial charge on any atom is -0.389 e. The Labute approximate surface area is 83.0 Å².